The maximum absolute atomic E-state index is 6.79. The zero-order valence-corrected chi connectivity index (χ0v) is 20.3. The van der Waals surface area contributed by atoms with Crippen molar-refractivity contribution in [3.8, 4) is 17.2 Å². The molecule has 3 heterocycles. The third-order valence-electron chi connectivity index (χ3n) is 7.51. The Labute approximate surface area is 206 Å². The molecule has 3 aromatic carbocycles. The zero-order valence-electron chi connectivity index (χ0n) is 20.3. The summed E-state index contributed by atoms with van der Waals surface area (Å²) in [5.74, 6) is 2.55. The molecule has 0 saturated carbocycles. The number of piperidine rings is 1. The lowest BCUT2D eigenvalue weighted by molar-refractivity contribution is -0.150. The monoisotopic (exact) mass is 469 g/mol. The molecule has 1 unspecified atom stereocenters. The summed E-state index contributed by atoms with van der Waals surface area (Å²) in [6, 6.07) is 25.2. The van der Waals surface area contributed by atoms with Crippen molar-refractivity contribution in [1.82, 2.24) is 9.91 Å². The fourth-order valence-electron chi connectivity index (χ4n) is 5.66. The van der Waals surface area contributed by atoms with Gasteiger partial charge >= 0.3 is 0 Å². The van der Waals surface area contributed by atoms with E-state index >= 15 is 0 Å². The van der Waals surface area contributed by atoms with Crippen LogP contribution in [0.4, 0.5) is 0 Å². The summed E-state index contributed by atoms with van der Waals surface area (Å²) in [7, 11) is 3.37. The molecule has 0 bridgehead atoms. The summed E-state index contributed by atoms with van der Waals surface area (Å²) in [6.07, 6.45) is 2.63. The van der Waals surface area contributed by atoms with Crippen LogP contribution in [0.2, 0.25) is 0 Å². The van der Waals surface area contributed by atoms with Gasteiger partial charge in [0, 0.05) is 56.1 Å². The number of hydrogen-bond donors (Lipinski definition) is 0. The maximum Gasteiger partial charge on any atom is 0.200 e. The van der Waals surface area contributed by atoms with Gasteiger partial charge in [0.1, 0.15) is 17.2 Å². The Balaban J connectivity index is 1.31. The Morgan fingerprint density at radius 3 is 2.49 bits per heavy atom. The van der Waals surface area contributed by atoms with Crippen molar-refractivity contribution in [3.05, 3.63) is 89.5 Å². The first-order valence-corrected chi connectivity index (χ1v) is 12.3. The molecule has 1 atom stereocenters. The number of ether oxygens (including phenoxy) is 3. The van der Waals surface area contributed by atoms with E-state index in [1.54, 1.807) is 14.2 Å². The van der Waals surface area contributed by atoms with E-state index in [1.807, 2.05) is 12.1 Å². The number of nitrogens with zero attached hydrogens (tertiary/aromatic N) is 3. The zero-order chi connectivity index (χ0) is 23.8. The molecule has 35 heavy (non-hydrogen) atoms. The summed E-state index contributed by atoms with van der Waals surface area (Å²) in [5.41, 5.74) is 4.16. The average Bonchev–Trinajstić information content (AvgIpc) is 3.37. The fourth-order valence-corrected chi connectivity index (χ4v) is 5.66. The molecule has 0 aliphatic carbocycles. The maximum atomic E-state index is 6.79. The minimum atomic E-state index is -0.437. The molecular weight excluding hydrogens is 438 g/mol. The van der Waals surface area contributed by atoms with E-state index in [9.17, 15) is 0 Å². The van der Waals surface area contributed by atoms with Crippen molar-refractivity contribution in [1.29, 1.82) is 0 Å². The van der Waals surface area contributed by atoms with E-state index in [0.29, 0.717) is 0 Å². The van der Waals surface area contributed by atoms with Crippen molar-refractivity contribution in [2.24, 2.45) is 5.10 Å². The van der Waals surface area contributed by atoms with Gasteiger partial charge in [-0.15, -0.1) is 0 Å². The number of rotatable bonds is 5. The predicted molar refractivity (Wildman–Crippen MR) is 136 cm³/mol. The van der Waals surface area contributed by atoms with Gasteiger partial charge in [-0.1, -0.05) is 48.5 Å². The standard InChI is InChI=1S/C29H31N3O3/c1-33-22-12-13-23(28(18-22)34-2)25-19-26-24-10-6-7-11-27(24)35-29(32(26)30-25)14-16-31(17-15-29)20-21-8-4-3-5-9-21/h3-13,18,26H,14-17,19-20H2,1-2H3. The van der Waals surface area contributed by atoms with Crippen LogP contribution in [-0.2, 0) is 6.54 Å². The lowest BCUT2D eigenvalue weighted by atomic mass is 9.90. The van der Waals surface area contributed by atoms with E-state index in [4.69, 9.17) is 19.3 Å². The minimum absolute atomic E-state index is 0.155. The molecule has 1 fully saturated rings. The summed E-state index contributed by atoms with van der Waals surface area (Å²) < 4.78 is 17.9. The van der Waals surface area contributed by atoms with Gasteiger partial charge in [0.05, 0.1) is 26.0 Å². The Bertz CT molecular complexity index is 1230. The quantitative estimate of drug-likeness (QED) is 0.511. The van der Waals surface area contributed by atoms with E-state index in [1.165, 1.54) is 11.1 Å². The van der Waals surface area contributed by atoms with Gasteiger partial charge < -0.3 is 14.2 Å². The number of hydrazone groups is 1. The fraction of sp³-hybridized carbons (Fsp3) is 0.345. The van der Waals surface area contributed by atoms with Crippen LogP contribution in [0.5, 0.6) is 17.2 Å². The van der Waals surface area contributed by atoms with Crippen LogP contribution < -0.4 is 14.2 Å². The van der Waals surface area contributed by atoms with Gasteiger partial charge in [0.2, 0.25) is 5.72 Å². The first-order chi connectivity index (χ1) is 17.2. The van der Waals surface area contributed by atoms with E-state index in [-0.39, 0.29) is 6.04 Å². The highest BCUT2D eigenvalue weighted by molar-refractivity contribution is 6.04. The lowest BCUT2D eigenvalue weighted by Crippen LogP contribution is -2.59. The van der Waals surface area contributed by atoms with Crippen LogP contribution in [0.3, 0.4) is 0 Å². The molecule has 0 radical (unpaired) electrons. The molecule has 3 aromatic rings. The Kier molecular flexibility index (Phi) is 5.61. The molecule has 6 rings (SSSR count). The van der Waals surface area contributed by atoms with E-state index in [0.717, 1.165) is 67.4 Å². The largest absolute Gasteiger partial charge is 0.497 e. The first-order valence-electron chi connectivity index (χ1n) is 12.3. The second kappa shape index (κ2) is 8.93. The van der Waals surface area contributed by atoms with Gasteiger partial charge in [-0.25, -0.2) is 5.01 Å². The molecule has 3 aliphatic heterocycles. The van der Waals surface area contributed by atoms with Crippen LogP contribution in [0.25, 0.3) is 0 Å². The third-order valence-corrected chi connectivity index (χ3v) is 7.51. The number of hydrogen-bond acceptors (Lipinski definition) is 6. The highest BCUT2D eigenvalue weighted by Gasteiger charge is 2.51. The molecule has 180 valence electrons. The average molecular weight is 470 g/mol. The van der Waals surface area contributed by atoms with Gasteiger partial charge in [-0.2, -0.15) is 5.10 Å². The van der Waals surface area contributed by atoms with Crippen molar-refractivity contribution in [2.45, 2.75) is 37.6 Å². The van der Waals surface area contributed by atoms with E-state index < -0.39 is 5.72 Å². The highest BCUT2D eigenvalue weighted by atomic mass is 16.5. The van der Waals surface area contributed by atoms with Crippen molar-refractivity contribution < 1.29 is 14.2 Å². The number of fused-ring (bicyclic) bond motifs is 4. The van der Waals surface area contributed by atoms with Crippen LogP contribution in [-0.4, -0.2) is 48.7 Å². The molecule has 1 spiro atoms. The summed E-state index contributed by atoms with van der Waals surface area (Å²) in [6.45, 7) is 2.91. The number of para-hydroxylation sites is 1. The number of likely N-dealkylation sites (tertiary alicyclic amines) is 1. The summed E-state index contributed by atoms with van der Waals surface area (Å²) in [5, 5.41) is 7.47. The Hall–Kier alpha value is -3.51. The van der Waals surface area contributed by atoms with Crippen molar-refractivity contribution >= 4 is 5.71 Å². The van der Waals surface area contributed by atoms with Crippen LogP contribution >= 0.6 is 0 Å². The Morgan fingerprint density at radius 1 is 0.943 bits per heavy atom. The lowest BCUT2D eigenvalue weighted by Gasteiger charge is -2.51. The van der Waals surface area contributed by atoms with Crippen LogP contribution in [0.1, 0.15) is 42.0 Å². The topological polar surface area (TPSA) is 46.5 Å². The number of benzene rings is 3. The van der Waals surface area contributed by atoms with E-state index in [2.05, 4.69) is 70.6 Å². The molecule has 0 N–H and O–H groups in total. The van der Waals surface area contributed by atoms with Crippen LogP contribution in [0.15, 0.2) is 77.9 Å². The summed E-state index contributed by atoms with van der Waals surface area (Å²) in [4.78, 5) is 2.52. The highest BCUT2D eigenvalue weighted by Crippen LogP contribution is 2.50. The molecule has 6 nitrogen and oxygen atoms in total. The Morgan fingerprint density at radius 2 is 1.71 bits per heavy atom. The molecular formula is C29H31N3O3. The normalized spacial score (nSPS) is 20.6. The third kappa shape index (κ3) is 3.92. The molecule has 0 aromatic heterocycles. The second-order valence-electron chi connectivity index (χ2n) is 9.53. The SMILES string of the molecule is COc1ccc(C2=NN3C(C2)c2ccccc2OC32CCN(Cc3ccccc3)CC2)c(OC)c1. The first kappa shape index (κ1) is 22.0. The molecule has 0 amide bonds. The smallest absolute Gasteiger partial charge is 0.200 e. The molecule has 1 saturated heterocycles. The van der Waals surface area contributed by atoms with Crippen molar-refractivity contribution in [2.75, 3.05) is 27.3 Å². The minimum Gasteiger partial charge on any atom is -0.497 e. The van der Waals surface area contributed by atoms with Crippen LogP contribution in [0, 0.1) is 0 Å². The van der Waals surface area contributed by atoms with Gasteiger partial charge in [0.15, 0.2) is 0 Å². The summed E-state index contributed by atoms with van der Waals surface area (Å²) >= 11 is 0. The second-order valence-corrected chi connectivity index (χ2v) is 9.53. The van der Waals surface area contributed by atoms with Crippen molar-refractivity contribution in [3.63, 3.8) is 0 Å². The van der Waals surface area contributed by atoms with Gasteiger partial charge in [0.25, 0.3) is 0 Å². The van der Waals surface area contributed by atoms with Gasteiger partial charge in [-0.05, 0) is 23.8 Å². The number of methoxy groups -OCH3 is 2. The molecule has 3 aliphatic rings. The molecule has 6 heteroatoms. The van der Waals surface area contributed by atoms with Gasteiger partial charge in [-0.3, -0.25) is 4.90 Å². The predicted octanol–water partition coefficient (Wildman–Crippen LogP) is 5.24.